The molecule has 0 aliphatic heterocycles. The van der Waals surface area contributed by atoms with Crippen molar-refractivity contribution in [3.63, 3.8) is 0 Å². The molecular weight excluding hydrogens is 294 g/mol. The first-order chi connectivity index (χ1) is 11.1. The number of aromatic amines is 1. The van der Waals surface area contributed by atoms with Crippen LogP contribution in [-0.2, 0) is 4.79 Å². The largest absolute Gasteiger partial charge is 0.363 e. The molecule has 0 unspecified atom stereocenters. The highest BCUT2D eigenvalue weighted by Crippen LogP contribution is 2.43. The predicted octanol–water partition coefficient (Wildman–Crippen LogP) is 1.80. The summed E-state index contributed by atoms with van der Waals surface area (Å²) in [4.78, 5) is 34.8. The van der Waals surface area contributed by atoms with Gasteiger partial charge in [-0.1, -0.05) is 0 Å². The van der Waals surface area contributed by atoms with Crippen molar-refractivity contribution in [2.75, 3.05) is 5.32 Å². The Kier molecular flexibility index (Phi) is 3.14. The molecule has 2 heterocycles. The van der Waals surface area contributed by atoms with Crippen LogP contribution in [0, 0.1) is 5.92 Å². The number of rotatable bonds is 5. The Labute approximate surface area is 132 Å². The van der Waals surface area contributed by atoms with E-state index in [1.807, 2.05) is 6.07 Å². The van der Waals surface area contributed by atoms with Crippen LogP contribution in [0.25, 0.3) is 11.3 Å². The minimum atomic E-state index is -0.575. The van der Waals surface area contributed by atoms with E-state index < -0.39 is 5.91 Å². The first-order valence-electron chi connectivity index (χ1n) is 7.79. The molecule has 4 rings (SSSR count). The van der Waals surface area contributed by atoms with E-state index >= 15 is 0 Å². The lowest BCUT2D eigenvalue weighted by molar-refractivity contribution is -0.117. The minimum Gasteiger partial charge on any atom is -0.363 e. The van der Waals surface area contributed by atoms with Crippen LogP contribution in [0.3, 0.4) is 0 Å². The van der Waals surface area contributed by atoms with Gasteiger partial charge in [0.2, 0.25) is 5.91 Å². The molecule has 2 aromatic rings. The molecule has 2 aliphatic rings. The molecule has 0 bridgehead atoms. The zero-order chi connectivity index (χ0) is 16.0. The number of anilines is 1. The third kappa shape index (κ3) is 2.81. The fourth-order valence-corrected chi connectivity index (χ4v) is 2.61. The van der Waals surface area contributed by atoms with Crippen LogP contribution in [0.4, 0.5) is 5.82 Å². The number of carbonyl (C=O) groups excluding carboxylic acids is 2. The summed E-state index contributed by atoms with van der Waals surface area (Å²) in [5, 5.41) is 2.83. The van der Waals surface area contributed by atoms with Crippen LogP contribution in [0.1, 0.15) is 47.9 Å². The zero-order valence-corrected chi connectivity index (χ0v) is 12.5. The van der Waals surface area contributed by atoms with Crippen molar-refractivity contribution in [2.24, 2.45) is 11.7 Å². The van der Waals surface area contributed by atoms with Gasteiger partial charge in [-0.25, -0.2) is 9.97 Å². The Hall–Kier alpha value is -2.70. The number of pyridine rings is 1. The molecular formula is C16H17N5O2. The monoisotopic (exact) mass is 311 g/mol. The number of imidazole rings is 1. The second kappa shape index (κ2) is 5.19. The Bertz CT molecular complexity index is 790. The number of primary amides is 1. The molecule has 0 atom stereocenters. The van der Waals surface area contributed by atoms with Gasteiger partial charge in [0, 0.05) is 29.3 Å². The molecule has 2 aromatic heterocycles. The van der Waals surface area contributed by atoms with Crippen molar-refractivity contribution in [1.29, 1.82) is 0 Å². The van der Waals surface area contributed by atoms with Gasteiger partial charge in [-0.2, -0.15) is 0 Å². The van der Waals surface area contributed by atoms with Gasteiger partial charge in [-0.3, -0.25) is 9.59 Å². The maximum Gasteiger partial charge on any atom is 0.284 e. The number of carbonyl (C=O) groups is 2. The average molecular weight is 311 g/mol. The van der Waals surface area contributed by atoms with Crippen LogP contribution in [0.2, 0.25) is 0 Å². The number of amides is 2. The molecule has 7 nitrogen and oxygen atoms in total. The summed E-state index contributed by atoms with van der Waals surface area (Å²) in [6.07, 6.45) is 5.66. The highest BCUT2D eigenvalue weighted by Gasteiger charge is 2.31. The highest BCUT2D eigenvalue weighted by molar-refractivity contribution is 5.94. The van der Waals surface area contributed by atoms with Crippen LogP contribution in [0.15, 0.2) is 18.3 Å². The highest BCUT2D eigenvalue weighted by atomic mass is 16.2. The van der Waals surface area contributed by atoms with Crippen molar-refractivity contribution in [3.05, 3.63) is 29.8 Å². The summed E-state index contributed by atoms with van der Waals surface area (Å²) in [6, 6.07) is 3.60. The summed E-state index contributed by atoms with van der Waals surface area (Å²) in [7, 11) is 0. The van der Waals surface area contributed by atoms with Crippen LogP contribution >= 0.6 is 0 Å². The third-order valence-corrected chi connectivity index (χ3v) is 4.18. The lowest BCUT2D eigenvalue weighted by Crippen LogP contribution is -2.14. The van der Waals surface area contributed by atoms with Gasteiger partial charge in [0.05, 0.1) is 5.69 Å². The first kappa shape index (κ1) is 13.9. The second-order valence-electron chi connectivity index (χ2n) is 6.18. The van der Waals surface area contributed by atoms with Gasteiger partial charge >= 0.3 is 0 Å². The van der Waals surface area contributed by atoms with Crippen LogP contribution in [-0.4, -0.2) is 26.8 Å². The van der Waals surface area contributed by atoms with Gasteiger partial charge in [0.25, 0.3) is 5.91 Å². The molecule has 23 heavy (non-hydrogen) atoms. The molecule has 2 fully saturated rings. The minimum absolute atomic E-state index is 0.0110. The van der Waals surface area contributed by atoms with E-state index in [4.69, 9.17) is 5.73 Å². The Balaban J connectivity index is 1.66. The van der Waals surface area contributed by atoms with E-state index in [0.29, 0.717) is 17.4 Å². The molecule has 2 amide bonds. The molecule has 7 heteroatoms. The van der Waals surface area contributed by atoms with E-state index in [2.05, 4.69) is 20.3 Å². The normalized spacial score (nSPS) is 17.0. The van der Waals surface area contributed by atoms with Crippen LogP contribution < -0.4 is 11.1 Å². The van der Waals surface area contributed by atoms with Crippen molar-refractivity contribution in [2.45, 2.75) is 31.6 Å². The number of nitrogens with one attached hydrogen (secondary N) is 2. The number of hydrogen-bond donors (Lipinski definition) is 3. The smallest absolute Gasteiger partial charge is 0.284 e. The maximum atomic E-state index is 11.9. The number of nitrogens with two attached hydrogens (primary N) is 1. The molecule has 0 saturated heterocycles. The average Bonchev–Trinajstić information content (AvgIpc) is 3.44. The van der Waals surface area contributed by atoms with E-state index in [9.17, 15) is 9.59 Å². The second-order valence-corrected chi connectivity index (χ2v) is 6.18. The SMILES string of the molecule is NC(=O)c1nc(-c2ccnc(NC(=O)C3CC3)c2)c(C2CC2)[nH]1. The van der Waals surface area contributed by atoms with E-state index in [1.54, 1.807) is 12.3 Å². The summed E-state index contributed by atoms with van der Waals surface area (Å²) in [5.41, 5.74) is 7.79. The Morgan fingerprint density at radius 1 is 1.26 bits per heavy atom. The summed E-state index contributed by atoms with van der Waals surface area (Å²) < 4.78 is 0. The molecule has 0 spiro atoms. The van der Waals surface area contributed by atoms with Gasteiger partial charge in [-0.05, 0) is 37.8 Å². The Morgan fingerprint density at radius 3 is 2.70 bits per heavy atom. The van der Waals surface area contributed by atoms with Crippen molar-refractivity contribution >= 4 is 17.6 Å². The fraction of sp³-hybridized carbons (Fsp3) is 0.375. The van der Waals surface area contributed by atoms with E-state index in [-0.39, 0.29) is 17.6 Å². The summed E-state index contributed by atoms with van der Waals surface area (Å²) in [6.45, 7) is 0. The lowest BCUT2D eigenvalue weighted by Gasteiger charge is -2.06. The van der Waals surface area contributed by atoms with Crippen molar-refractivity contribution in [1.82, 2.24) is 15.0 Å². The maximum absolute atomic E-state index is 11.9. The van der Waals surface area contributed by atoms with Crippen molar-refractivity contribution < 1.29 is 9.59 Å². The molecule has 118 valence electrons. The number of nitrogens with zero attached hydrogens (tertiary/aromatic N) is 2. The number of hydrogen-bond acceptors (Lipinski definition) is 4. The quantitative estimate of drug-likeness (QED) is 0.781. The van der Waals surface area contributed by atoms with Gasteiger partial charge in [0.1, 0.15) is 5.82 Å². The topological polar surface area (TPSA) is 114 Å². The molecule has 2 saturated carbocycles. The zero-order valence-electron chi connectivity index (χ0n) is 12.5. The van der Waals surface area contributed by atoms with E-state index in [1.165, 1.54) is 0 Å². The number of H-pyrrole nitrogens is 1. The van der Waals surface area contributed by atoms with Gasteiger partial charge in [-0.15, -0.1) is 0 Å². The van der Waals surface area contributed by atoms with Crippen molar-refractivity contribution in [3.8, 4) is 11.3 Å². The predicted molar refractivity (Wildman–Crippen MR) is 83.7 cm³/mol. The number of aromatic nitrogens is 3. The first-order valence-corrected chi connectivity index (χ1v) is 7.79. The third-order valence-electron chi connectivity index (χ3n) is 4.18. The van der Waals surface area contributed by atoms with E-state index in [0.717, 1.165) is 36.9 Å². The van der Waals surface area contributed by atoms with Gasteiger partial charge in [0.15, 0.2) is 5.82 Å². The molecule has 0 aromatic carbocycles. The van der Waals surface area contributed by atoms with Crippen LogP contribution in [0.5, 0.6) is 0 Å². The standard InChI is InChI=1S/C16H17N5O2/c17-14(22)15-20-12(8-1-2-8)13(21-15)10-5-6-18-11(7-10)19-16(23)9-3-4-9/h5-9H,1-4H2,(H2,17,22)(H,20,21)(H,18,19,23). The Morgan fingerprint density at radius 2 is 2.04 bits per heavy atom. The van der Waals surface area contributed by atoms with Gasteiger partial charge < -0.3 is 16.0 Å². The summed E-state index contributed by atoms with van der Waals surface area (Å²) in [5.74, 6) is 0.621. The molecule has 2 aliphatic carbocycles. The summed E-state index contributed by atoms with van der Waals surface area (Å²) >= 11 is 0. The fourth-order valence-electron chi connectivity index (χ4n) is 2.61. The molecule has 0 radical (unpaired) electrons. The molecule has 4 N–H and O–H groups in total. The lowest BCUT2D eigenvalue weighted by atomic mass is 10.1.